The van der Waals surface area contributed by atoms with Gasteiger partial charge in [-0.25, -0.2) is 12.7 Å². The molecule has 0 bridgehead atoms. The minimum Gasteiger partial charge on any atom is -0.481 e. The Morgan fingerprint density at radius 3 is 2.43 bits per heavy atom. The number of nitrogens with one attached hydrogen (secondary N) is 1. The third-order valence-corrected chi connectivity index (χ3v) is 5.57. The van der Waals surface area contributed by atoms with Crippen molar-refractivity contribution < 1.29 is 23.1 Å². The quantitative estimate of drug-likeness (QED) is 0.674. The van der Waals surface area contributed by atoms with Crippen LogP contribution in [0.2, 0.25) is 0 Å². The van der Waals surface area contributed by atoms with Crippen LogP contribution < -0.4 is 5.32 Å². The largest absolute Gasteiger partial charge is 0.481 e. The van der Waals surface area contributed by atoms with Gasteiger partial charge in [-0.3, -0.25) is 9.59 Å². The van der Waals surface area contributed by atoms with Gasteiger partial charge in [0.05, 0.1) is 12.2 Å². The molecule has 8 heteroatoms. The number of nitrogens with zero attached hydrogens (tertiary/aromatic N) is 1. The molecule has 0 radical (unpaired) electrons. The number of carbonyl (C=O) groups excluding carboxylic acids is 1. The summed E-state index contributed by atoms with van der Waals surface area (Å²) in [4.78, 5) is 22.2. The number of piperidine rings is 1. The smallest absolute Gasteiger partial charge is 0.305 e. The van der Waals surface area contributed by atoms with Gasteiger partial charge in [0.15, 0.2) is 0 Å². The zero-order chi connectivity index (χ0) is 15.9. The number of aliphatic carboxylic acids is 1. The van der Waals surface area contributed by atoms with Crippen molar-refractivity contribution in [3.8, 4) is 0 Å². The lowest BCUT2D eigenvalue weighted by molar-refractivity contribution is -0.137. The van der Waals surface area contributed by atoms with E-state index in [9.17, 15) is 18.0 Å². The number of carboxylic acids is 1. The predicted octanol–water partition coefficient (Wildman–Crippen LogP) is 0.419. The van der Waals surface area contributed by atoms with Crippen LogP contribution in [0.1, 0.15) is 39.0 Å². The molecule has 1 rings (SSSR count). The fourth-order valence-electron chi connectivity index (χ4n) is 2.29. The van der Waals surface area contributed by atoms with Crippen LogP contribution in [0.4, 0.5) is 0 Å². The van der Waals surface area contributed by atoms with Crippen molar-refractivity contribution >= 4 is 21.9 Å². The molecule has 7 nitrogen and oxygen atoms in total. The van der Waals surface area contributed by atoms with E-state index in [1.165, 1.54) is 4.31 Å². The van der Waals surface area contributed by atoms with Crippen molar-refractivity contribution in [2.24, 2.45) is 5.92 Å². The Bertz CT molecular complexity index is 455. The van der Waals surface area contributed by atoms with Gasteiger partial charge < -0.3 is 10.4 Å². The maximum Gasteiger partial charge on any atom is 0.305 e. The van der Waals surface area contributed by atoms with Gasteiger partial charge >= 0.3 is 5.97 Å². The zero-order valence-electron chi connectivity index (χ0n) is 12.4. The normalized spacial score (nSPS) is 17.6. The van der Waals surface area contributed by atoms with E-state index in [1.807, 2.05) is 6.92 Å². The summed E-state index contributed by atoms with van der Waals surface area (Å²) in [5.74, 6) is -1.19. The van der Waals surface area contributed by atoms with E-state index < -0.39 is 16.0 Å². The second-order valence-electron chi connectivity index (χ2n) is 5.28. The maximum atomic E-state index is 12.0. The summed E-state index contributed by atoms with van der Waals surface area (Å²) in [5, 5.41) is 11.1. The van der Waals surface area contributed by atoms with Gasteiger partial charge in [0, 0.05) is 25.6 Å². The highest BCUT2D eigenvalue weighted by Crippen LogP contribution is 2.20. The van der Waals surface area contributed by atoms with Crippen molar-refractivity contribution in [2.75, 3.05) is 25.4 Å². The van der Waals surface area contributed by atoms with E-state index in [1.54, 1.807) is 0 Å². The van der Waals surface area contributed by atoms with Crippen LogP contribution in [0, 0.1) is 5.92 Å². The molecular weight excluding hydrogens is 296 g/mol. The van der Waals surface area contributed by atoms with Crippen LogP contribution in [0.3, 0.4) is 0 Å². The number of sulfonamides is 1. The predicted molar refractivity (Wildman–Crippen MR) is 78.3 cm³/mol. The molecule has 0 spiro atoms. The first-order valence-corrected chi connectivity index (χ1v) is 8.95. The van der Waals surface area contributed by atoms with Gasteiger partial charge in [0.1, 0.15) is 0 Å². The molecule has 0 aromatic rings. The van der Waals surface area contributed by atoms with E-state index in [0.717, 1.165) is 6.42 Å². The number of carboxylic acid groups (broad SMARTS) is 1. The molecule has 0 atom stereocenters. The van der Waals surface area contributed by atoms with Crippen LogP contribution in [0.15, 0.2) is 0 Å². The van der Waals surface area contributed by atoms with E-state index in [0.29, 0.717) is 32.4 Å². The summed E-state index contributed by atoms with van der Waals surface area (Å²) in [6.45, 7) is 2.79. The van der Waals surface area contributed by atoms with E-state index in [-0.39, 0.29) is 30.5 Å². The van der Waals surface area contributed by atoms with Gasteiger partial charge in [-0.05, 0) is 19.3 Å². The minimum absolute atomic E-state index is 0.101. The lowest BCUT2D eigenvalue weighted by atomic mass is 9.97. The van der Waals surface area contributed by atoms with Gasteiger partial charge in [0.2, 0.25) is 15.9 Å². The number of hydrogen-bond acceptors (Lipinski definition) is 4. The average molecular weight is 320 g/mol. The summed E-state index contributed by atoms with van der Waals surface area (Å²) in [5.41, 5.74) is 0. The molecule has 1 heterocycles. The molecule has 2 N–H and O–H groups in total. The molecule has 0 aromatic heterocycles. The third-order valence-electron chi connectivity index (χ3n) is 3.61. The average Bonchev–Trinajstić information content (AvgIpc) is 2.45. The molecule has 0 saturated carbocycles. The van der Waals surface area contributed by atoms with E-state index in [2.05, 4.69) is 5.32 Å². The number of carbonyl (C=O) groups is 2. The SMILES string of the molecule is CCCCS(=O)(=O)N1CCC(C(=O)NCCC(=O)O)CC1. The van der Waals surface area contributed by atoms with Gasteiger partial charge in [0.25, 0.3) is 0 Å². The van der Waals surface area contributed by atoms with Crippen molar-refractivity contribution in [1.29, 1.82) is 0 Å². The van der Waals surface area contributed by atoms with Crippen molar-refractivity contribution in [2.45, 2.75) is 39.0 Å². The van der Waals surface area contributed by atoms with Crippen LogP contribution in [0.25, 0.3) is 0 Å². The molecule has 21 heavy (non-hydrogen) atoms. The Balaban J connectivity index is 2.37. The molecule has 122 valence electrons. The number of hydrogen-bond donors (Lipinski definition) is 2. The summed E-state index contributed by atoms with van der Waals surface area (Å²) in [6, 6.07) is 0. The molecule has 0 aromatic carbocycles. The summed E-state index contributed by atoms with van der Waals surface area (Å²) in [6.07, 6.45) is 2.37. The highest BCUT2D eigenvalue weighted by atomic mass is 32.2. The Morgan fingerprint density at radius 2 is 1.90 bits per heavy atom. The Morgan fingerprint density at radius 1 is 1.29 bits per heavy atom. The van der Waals surface area contributed by atoms with Gasteiger partial charge in [-0.2, -0.15) is 0 Å². The second kappa shape index (κ2) is 8.33. The minimum atomic E-state index is -3.20. The Labute approximate surface area is 125 Å². The number of amides is 1. The lowest BCUT2D eigenvalue weighted by Gasteiger charge is -2.30. The van der Waals surface area contributed by atoms with Crippen molar-refractivity contribution in [1.82, 2.24) is 9.62 Å². The number of unbranched alkanes of at least 4 members (excludes halogenated alkanes) is 1. The highest BCUT2D eigenvalue weighted by Gasteiger charge is 2.30. The van der Waals surface area contributed by atoms with Crippen LogP contribution in [-0.4, -0.2) is 55.1 Å². The number of rotatable bonds is 8. The monoisotopic (exact) mass is 320 g/mol. The molecule has 1 fully saturated rings. The third kappa shape index (κ3) is 6.01. The zero-order valence-corrected chi connectivity index (χ0v) is 13.2. The topological polar surface area (TPSA) is 104 Å². The van der Waals surface area contributed by atoms with Crippen molar-refractivity contribution in [3.63, 3.8) is 0 Å². The first-order valence-electron chi connectivity index (χ1n) is 7.34. The van der Waals surface area contributed by atoms with Gasteiger partial charge in [-0.15, -0.1) is 0 Å². The molecule has 1 saturated heterocycles. The Hall–Kier alpha value is -1.15. The first kappa shape index (κ1) is 17.9. The Kier molecular flexibility index (Phi) is 7.10. The van der Waals surface area contributed by atoms with Crippen LogP contribution in [-0.2, 0) is 19.6 Å². The molecule has 1 aliphatic heterocycles. The van der Waals surface area contributed by atoms with E-state index >= 15 is 0 Å². The summed E-state index contributed by atoms with van der Waals surface area (Å²) >= 11 is 0. The lowest BCUT2D eigenvalue weighted by Crippen LogP contribution is -2.44. The summed E-state index contributed by atoms with van der Waals surface area (Å²) < 4.78 is 25.5. The molecule has 1 amide bonds. The fourth-order valence-corrected chi connectivity index (χ4v) is 3.97. The molecule has 1 aliphatic rings. The molecular formula is C13H24N2O5S. The maximum absolute atomic E-state index is 12.0. The van der Waals surface area contributed by atoms with Crippen LogP contribution in [0.5, 0.6) is 0 Å². The highest BCUT2D eigenvalue weighted by molar-refractivity contribution is 7.89. The van der Waals surface area contributed by atoms with Crippen LogP contribution >= 0.6 is 0 Å². The fraction of sp³-hybridized carbons (Fsp3) is 0.846. The second-order valence-corrected chi connectivity index (χ2v) is 7.37. The van der Waals surface area contributed by atoms with Gasteiger partial charge in [-0.1, -0.05) is 13.3 Å². The first-order chi connectivity index (χ1) is 9.86. The molecule has 0 aliphatic carbocycles. The van der Waals surface area contributed by atoms with E-state index in [4.69, 9.17) is 5.11 Å². The van der Waals surface area contributed by atoms with Crippen molar-refractivity contribution in [3.05, 3.63) is 0 Å². The standard InChI is InChI=1S/C13H24N2O5S/c1-2-3-10-21(19,20)15-8-5-11(6-9-15)13(18)14-7-4-12(16)17/h11H,2-10H2,1H3,(H,14,18)(H,16,17). The molecule has 0 unspecified atom stereocenters. The summed E-state index contributed by atoms with van der Waals surface area (Å²) in [7, 11) is -3.20.